The number of nitrogens with zero attached hydrogens (tertiary/aromatic N) is 1. The molecule has 66 valence electrons. The number of hydroxylamine groups is 2. The third kappa shape index (κ3) is 1.07. The van der Waals surface area contributed by atoms with Crippen LogP contribution in [-0.2, 0) is 0 Å². The van der Waals surface area contributed by atoms with E-state index in [2.05, 4.69) is 0 Å². The SMILES string of the molecule is O=C1c2cccc(I)c2C(=O)N1O. The van der Waals surface area contributed by atoms with Crippen molar-refractivity contribution < 1.29 is 14.8 Å². The van der Waals surface area contributed by atoms with E-state index >= 15 is 0 Å². The molecule has 5 heteroatoms. The molecule has 13 heavy (non-hydrogen) atoms. The Balaban J connectivity index is 2.74. The summed E-state index contributed by atoms with van der Waals surface area (Å²) in [5, 5.41) is 9.19. The Morgan fingerprint density at radius 2 is 1.92 bits per heavy atom. The lowest BCUT2D eigenvalue weighted by Gasteiger charge is -2.00. The Morgan fingerprint density at radius 1 is 1.23 bits per heavy atom. The maximum absolute atomic E-state index is 11.3. The van der Waals surface area contributed by atoms with Gasteiger partial charge in [-0.25, -0.2) is 0 Å². The number of hydrogen-bond acceptors (Lipinski definition) is 3. The molecule has 0 unspecified atom stereocenters. The number of imide groups is 1. The number of amides is 2. The van der Waals surface area contributed by atoms with Gasteiger partial charge in [0.05, 0.1) is 11.1 Å². The van der Waals surface area contributed by atoms with E-state index < -0.39 is 11.8 Å². The molecule has 2 rings (SSSR count). The standard InChI is InChI=1S/C8H4INO3/c9-5-3-1-2-4-6(5)8(12)10(13)7(4)11/h1-3,13H. The van der Waals surface area contributed by atoms with Gasteiger partial charge in [-0.05, 0) is 34.7 Å². The fourth-order valence-corrected chi connectivity index (χ4v) is 1.96. The first kappa shape index (κ1) is 8.64. The van der Waals surface area contributed by atoms with Crippen molar-refractivity contribution in [2.45, 2.75) is 0 Å². The largest absolute Gasteiger partial charge is 0.286 e. The monoisotopic (exact) mass is 289 g/mol. The molecule has 0 spiro atoms. The Morgan fingerprint density at radius 3 is 2.54 bits per heavy atom. The summed E-state index contributed by atoms with van der Waals surface area (Å²) < 4.78 is 0.671. The zero-order valence-corrected chi connectivity index (χ0v) is 8.48. The highest BCUT2D eigenvalue weighted by Gasteiger charge is 2.36. The van der Waals surface area contributed by atoms with Gasteiger partial charge in [-0.2, -0.15) is 0 Å². The van der Waals surface area contributed by atoms with Crippen LogP contribution in [0.2, 0.25) is 0 Å². The molecule has 1 heterocycles. The predicted molar refractivity (Wildman–Crippen MR) is 51.4 cm³/mol. The zero-order chi connectivity index (χ0) is 9.59. The highest BCUT2D eigenvalue weighted by atomic mass is 127. The van der Waals surface area contributed by atoms with E-state index in [9.17, 15) is 9.59 Å². The van der Waals surface area contributed by atoms with Gasteiger partial charge in [0.2, 0.25) is 0 Å². The summed E-state index contributed by atoms with van der Waals surface area (Å²) in [6, 6.07) is 4.91. The minimum Gasteiger partial charge on any atom is -0.278 e. The number of rotatable bonds is 0. The number of halogens is 1. The third-order valence-electron chi connectivity index (χ3n) is 1.84. The van der Waals surface area contributed by atoms with Crippen molar-refractivity contribution in [3.05, 3.63) is 32.9 Å². The smallest absolute Gasteiger partial charge is 0.278 e. The van der Waals surface area contributed by atoms with Crippen molar-refractivity contribution >= 4 is 34.4 Å². The maximum atomic E-state index is 11.3. The van der Waals surface area contributed by atoms with E-state index in [0.717, 1.165) is 0 Å². The maximum Gasteiger partial charge on any atom is 0.286 e. The number of carbonyl (C=O) groups is 2. The van der Waals surface area contributed by atoms with Crippen molar-refractivity contribution in [3.8, 4) is 0 Å². The number of fused-ring (bicyclic) bond motifs is 1. The number of benzene rings is 1. The van der Waals surface area contributed by atoms with Crippen LogP contribution < -0.4 is 0 Å². The van der Waals surface area contributed by atoms with E-state index in [4.69, 9.17) is 5.21 Å². The third-order valence-corrected chi connectivity index (χ3v) is 2.74. The van der Waals surface area contributed by atoms with Gasteiger partial charge in [0.25, 0.3) is 11.8 Å². The molecule has 0 bridgehead atoms. The molecular formula is C8H4INO3. The Bertz CT molecular complexity index is 416. The predicted octanol–water partition coefficient (Wildman–Crippen LogP) is 1.28. The van der Waals surface area contributed by atoms with Gasteiger partial charge in [-0.1, -0.05) is 6.07 Å². The average Bonchev–Trinajstić information content (AvgIpc) is 2.33. The van der Waals surface area contributed by atoms with Crippen molar-refractivity contribution in [2.75, 3.05) is 0 Å². The second-order valence-electron chi connectivity index (χ2n) is 2.58. The van der Waals surface area contributed by atoms with Crippen LogP contribution in [0.4, 0.5) is 0 Å². The minimum absolute atomic E-state index is 0.146. The van der Waals surface area contributed by atoms with Gasteiger partial charge in [-0.3, -0.25) is 14.8 Å². The Labute approximate surface area is 87.2 Å². The van der Waals surface area contributed by atoms with Gasteiger partial charge in [0.1, 0.15) is 0 Å². The average molecular weight is 289 g/mol. The van der Waals surface area contributed by atoms with E-state index in [-0.39, 0.29) is 16.2 Å². The van der Waals surface area contributed by atoms with Crippen LogP contribution in [0.15, 0.2) is 18.2 Å². The van der Waals surface area contributed by atoms with Gasteiger partial charge < -0.3 is 0 Å². The van der Waals surface area contributed by atoms with Crippen LogP contribution >= 0.6 is 22.6 Å². The second-order valence-corrected chi connectivity index (χ2v) is 3.75. The first-order chi connectivity index (χ1) is 6.13. The van der Waals surface area contributed by atoms with Gasteiger partial charge in [0, 0.05) is 3.57 Å². The molecule has 4 nitrogen and oxygen atoms in total. The molecule has 0 fully saturated rings. The quantitative estimate of drug-likeness (QED) is 0.444. The molecule has 1 aromatic rings. The highest BCUT2D eigenvalue weighted by Crippen LogP contribution is 2.25. The van der Waals surface area contributed by atoms with Crippen molar-refractivity contribution in [2.24, 2.45) is 0 Å². The topological polar surface area (TPSA) is 57.6 Å². The molecule has 1 aromatic carbocycles. The molecular weight excluding hydrogens is 285 g/mol. The lowest BCUT2D eigenvalue weighted by atomic mass is 10.1. The molecule has 1 aliphatic rings. The van der Waals surface area contributed by atoms with Crippen LogP contribution in [0.1, 0.15) is 20.7 Å². The van der Waals surface area contributed by atoms with Crippen molar-refractivity contribution in [1.29, 1.82) is 0 Å². The van der Waals surface area contributed by atoms with Crippen LogP contribution in [-0.4, -0.2) is 22.1 Å². The molecule has 0 saturated carbocycles. The summed E-state index contributed by atoms with van der Waals surface area (Å²) >= 11 is 1.95. The minimum atomic E-state index is -0.654. The van der Waals surface area contributed by atoms with Crippen LogP contribution in [0, 0.1) is 3.57 Å². The first-order valence-corrected chi connectivity index (χ1v) is 4.57. The van der Waals surface area contributed by atoms with Gasteiger partial charge in [0.15, 0.2) is 0 Å². The second kappa shape index (κ2) is 2.78. The van der Waals surface area contributed by atoms with Crippen LogP contribution in [0.3, 0.4) is 0 Å². The van der Waals surface area contributed by atoms with Gasteiger partial charge >= 0.3 is 0 Å². The Kier molecular flexibility index (Phi) is 1.85. The number of hydrogen-bond donors (Lipinski definition) is 1. The Hall–Kier alpha value is -0.950. The molecule has 0 atom stereocenters. The van der Waals surface area contributed by atoms with Gasteiger partial charge in [-0.15, -0.1) is 5.06 Å². The summed E-state index contributed by atoms with van der Waals surface area (Å²) in [6.45, 7) is 0. The van der Waals surface area contributed by atoms with Crippen LogP contribution in [0.5, 0.6) is 0 Å². The summed E-state index contributed by atoms with van der Waals surface area (Å²) in [7, 11) is 0. The zero-order valence-electron chi connectivity index (χ0n) is 6.32. The van der Waals surface area contributed by atoms with E-state index in [1.54, 1.807) is 12.1 Å². The normalized spacial score (nSPS) is 15.1. The fourth-order valence-electron chi connectivity index (χ4n) is 1.23. The molecule has 0 aliphatic carbocycles. The molecule has 0 aromatic heterocycles. The highest BCUT2D eigenvalue weighted by molar-refractivity contribution is 14.1. The molecule has 0 saturated heterocycles. The van der Waals surface area contributed by atoms with Crippen molar-refractivity contribution in [3.63, 3.8) is 0 Å². The molecule has 1 N–H and O–H groups in total. The lowest BCUT2D eigenvalue weighted by Crippen LogP contribution is -2.25. The van der Waals surface area contributed by atoms with E-state index in [1.165, 1.54) is 6.07 Å². The van der Waals surface area contributed by atoms with Crippen molar-refractivity contribution in [1.82, 2.24) is 5.06 Å². The lowest BCUT2D eigenvalue weighted by molar-refractivity contribution is -0.0327. The first-order valence-electron chi connectivity index (χ1n) is 3.49. The fraction of sp³-hybridized carbons (Fsp3) is 0. The molecule has 2 amide bonds. The van der Waals surface area contributed by atoms with E-state index in [0.29, 0.717) is 3.57 Å². The van der Waals surface area contributed by atoms with E-state index in [1.807, 2.05) is 22.6 Å². The summed E-state index contributed by atoms with van der Waals surface area (Å²) in [6.07, 6.45) is 0. The summed E-state index contributed by atoms with van der Waals surface area (Å²) in [5.41, 5.74) is 0.551. The molecule has 1 aliphatic heterocycles. The summed E-state index contributed by atoms with van der Waals surface area (Å²) in [5.74, 6) is -1.30. The molecule has 0 radical (unpaired) electrons. The van der Waals surface area contributed by atoms with Crippen LogP contribution in [0.25, 0.3) is 0 Å². The summed E-state index contributed by atoms with van der Waals surface area (Å²) in [4.78, 5) is 22.5. The number of carbonyl (C=O) groups excluding carboxylic acids is 2.